The Balaban J connectivity index is 0.000000605. The molecule has 0 unspecified atom stereocenters. The van der Waals surface area contributed by atoms with Gasteiger partial charge in [-0.25, -0.2) is 0 Å². The van der Waals surface area contributed by atoms with E-state index in [1.54, 1.807) is 37.3 Å². The molecule has 0 atom stereocenters. The summed E-state index contributed by atoms with van der Waals surface area (Å²) in [6, 6.07) is 6.60. The number of methoxy groups -OCH3 is 4. The van der Waals surface area contributed by atoms with Crippen LogP contribution in [-0.2, 0) is 0 Å². The second kappa shape index (κ2) is 19.2. The lowest BCUT2D eigenvalue weighted by Gasteiger charge is -2.20. The van der Waals surface area contributed by atoms with Crippen LogP contribution >= 0.6 is 43.5 Å². The molecule has 2 aromatic carbocycles. The van der Waals surface area contributed by atoms with Gasteiger partial charge in [0.1, 0.15) is 0 Å². The average Bonchev–Trinajstić information content (AvgIpc) is 2.89. The molecule has 7 nitrogen and oxygen atoms in total. The van der Waals surface area contributed by atoms with E-state index < -0.39 is 5.24 Å². The van der Waals surface area contributed by atoms with Crippen molar-refractivity contribution < 1.29 is 28.5 Å². The molecule has 0 aliphatic heterocycles. The molecule has 1 amide bonds. The van der Waals surface area contributed by atoms with Crippen LogP contribution in [0.15, 0.2) is 33.2 Å². The molecule has 0 saturated heterocycles. The fourth-order valence-electron chi connectivity index (χ4n) is 3.06. The zero-order chi connectivity index (χ0) is 28.5. The van der Waals surface area contributed by atoms with E-state index in [1.807, 2.05) is 13.8 Å². The molecule has 0 aromatic heterocycles. The van der Waals surface area contributed by atoms with E-state index in [1.165, 1.54) is 39.5 Å². The van der Waals surface area contributed by atoms with Crippen molar-refractivity contribution in [3.63, 3.8) is 0 Å². The Morgan fingerprint density at radius 2 is 1.05 bits per heavy atom. The maximum atomic E-state index is 12.3. The molecule has 0 radical (unpaired) electrons. The fraction of sp³-hybridized carbons (Fsp3) is 0.481. The van der Waals surface area contributed by atoms with Crippen molar-refractivity contribution in [2.75, 3.05) is 41.5 Å². The predicted molar refractivity (Wildman–Crippen MR) is 157 cm³/mol. The Morgan fingerprint density at radius 3 is 1.35 bits per heavy atom. The standard InChI is InChI=1S/C13H18BrNO3.C9H8BrClO3.C5H12/c1-5-15(6-2)13(16)9-7-11(17-3)12(18-4)8-10(9)14;1-13-7-3-5(9(11)12)6(10)4-8(7)14-2;1-3-5-4-2/h7-8H,5-6H2,1-4H3;3-4H,1-2H3;3-5H2,1-2H3. The highest BCUT2D eigenvalue weighted by Crippen LogP contribution is 2.34. The molecule has 0 aliphatic rings. The smallest absolute Gasteiger partial charge is 0.255 e. The lowest BCUT2D eigenvalue weighted by atomic mass is 10.1. The van der Waals surface area contributed by atoms with Crippen LogP contribution in [0.1, 0.15) is 67.7 Å². The molecule has 37 heavy (non-hydrogen) atoms. The van der Waals surface area contributed by atoms with Gasteiger partial charge in [0.2, 0.25) is 0 Å². The molecule has 0 aliphatic carbocycles. The molecule has 208 valence electrons. The maximum Gasteiger partial charge on any atom is 0.255 e. The number of halogens is 3. The Kier molecular flexibility index (Phi) is 18.1. The number of unbranched alkanes of at least 4 members (excludes halogenated alkanes) is 2. The minimum atomic E-state index is -0.544. The van der Waals surface area contributed by atoms with Gasteiger partial charge in [-0.2, -0.15) is 0 Å². The third kappa shape index (κ3) is 11.1. The highest BCUT2D eigenvalue weighted by atomic mass is 79.9. The van der Waals surface area contributed by atoms with Crippen molar-refractivity contribution in [2.24, 2.45) is 0 Å². The second-order valence-corrected chi connectivity index (χ2v) is 9.53. The predicted octanol–water partition coefficient (Wildman–Crippen LogP) is 7.99. The summed E-state index contributed by atoms with van der Waals surface area (Å²) in [5.74, 6) is 2.14. The zero-order valence-corrected chi connectivity index (χ0v) is 26.8. The van der Waals surface area contributed by atoms with Crippen molar-refractivity contribution in [1.29, 1.82) is 0 Å². The Bertz CT molecular complexity index is 997. The van der Waals surface area contributed by atoms with Gasteiger partial charge in [0, 0.05) is 22.0 Å². The largest absolute Gasteiger partial charge is 0.493 e. The van der Waals surface area contributed by atoms with Crippen LogP contribution in [0.2, 0.25) is 0 Å². The summed E-state index contributed by atoms with van der Waals surface area (Å²) in [5.41, 5.74) is 0.931. The zero-order valence-electron chi connectivity index (χ0n) is 22.9. The van der Waals surface area contributed by atoms with E-state index in [-0.39, 0.29) is 5.91 Å². The van der Waals surface area contributed by atoms with Gasteiger partial charge in [-0.3, -0.25) is 9.59 Å². The molecule has 0 saturated carbocycles. The first kappa shape index (κ1) is 35.0. The van der Waals surface area contributed by atoms with Gasteiger partial charge in [-0.1, -0.05) is 33.1 Å². The number of carbonyl (C=O) groups is 2. The summed E-state index contributed by atoms with van der Waals surface area (Å²) in [5, 5.41) is -0.544. The van der Waals surface area contributed by atoms with Crippen molar-refractivity contribution in [1.82, 2.24) is 4.90 Å². The van der Waals surface area contributed by atoms with E-state index in [0.29, 0.717) is 56.2 Å². The Morgan fingerprint density at radius 1 is 0.703 bits per heavy atom. The number of hydrogen-bond acceptors (Lipinski definition) is 6. The fourth-order valence-corrected chi connectivity index (χ4v) is 4.32. The first-order chi connectivity index (χ1) is 17.6. The molecule has 0 bridgehead atoms. The molecular formula is C27H38Br2ClNO6. The maximum absolute atomic E-state index is 12.3. The minimum Gasteiger partial charge on any atom is -0.493 e. The summed E-state index contributed by atoms with van der Waals surface area (Å²) in [7, 11) is 6.13. The van der Waals surface area contributed by atoms with Crippen molar-refractivity contribution >= 4 is 54.6 Å². The summed E-state index contributed by atoms with van der Waals surface area (Å²) in [6.45, 7) is 9.69. The molecular weight excluding hydrogens is 630 g/mol. The van der Waals surface area contributed by atoms with E-state index in [0.717, 1.165) is 0 Å². The monoisotopic (exact) mass is 665 g/mol. The first-order valence-corrected chi connectivity index (χ1v) is 13.9. The molecule has 10 heteroatoms. The molecule has 2 aromatic rings. The number of hydrogen-bond donors (Lipinski definition) is 0. The number of carbonyl (C=O) groups excluding carboxylic acids is 2. The van der Waals surface area contributed by atoms with Gasteiger partial charge in [0.25, 0.3) is 11.1 Å². The van der Waals surface area contributed by atoms with Gasteiger partial charge in [0.15, 0.2) is 23.0 Å². The van der Waals surface area contributed by atoms with Crippen LogP contribution in [0.3, 0.4) is 0 Å². The van der Waals surface area contributed by atoms with Crippen LogP contribution in [0, 0.1) is 0 Å². The van der Waals surface area contributed by atoms with Crippen LogP contribution in [0.5, 0.6) is 23.0 Å². The summed E-state index contributed by atoms with van der Waals surface area (Å²) in [6.07, 6.45) is 4.08. The highest BCUT2D eigenvalue weighted by Gasteiger charge is 2.19. The van der Waals surface area contributed by atoms with Crippen LogP contribution in [-0.4, -0.2) is 57.6 Å². The minimum absolute atomic E-state index is 0.0205. The van der Waals surface area contributed by atoms with E-state index in [2.05, 4.69) is 45.7 Å². The SMILES string of the molecule is CCCCC.CCN(CC)C(=O)c1cc(OC)c(OC)cc1Br.COc1cc(Br)c(C(=O)Cl)cc1OC. The number of amides is 1. The molecule has 0 spiro atoms. The molecule has 0 fully saturated rings. The molecule has 0 N–H and O–H groups in total. The van der Waals surface area contributed by atoms with Gasteiger partial charge in [-0.05, 0) is 81.6 Å². The molecule has 0 heterocycles. The number of rotatable bonds is 10. The quantitative estimate of drug-likeness (QED) is 0.239. The van der Waals surface area contributed by atoms with Crippen molar-refractivity contribution in [3.05, 3.63) is 44.3 Å². The first-order valence-electron chi connectivity index (χ1n) is 11.9. The Labute approximate surface area is 243 Å². The highest BCUT2D eigenvalue weighted by molar-refractivity contribution is 9.10. The number of benzene rings is 2. The topological polar surface area (TPSA) is 74.3 Å². The molecule has 2 rings (SSSR count). The van der Waals surface area contributed by atoms with E-state index in [9.17, 15) is 9.59 Å². The van der Waals surface area contributed by atoms with Crippen LogP contribution < -0.4 is 18.9 Å². The van der Waals surface area contributed by atoms with Gasteiger partial charge < -0.3 is 23.8 Å². The number of ether oxygens (including phenoxy) is 4. The van der Waals surface area contributed by atoms with E-state index >= 15 is 0 Å². The van der Waals surface area contributed by atoms with Crippen molar-refractivity contribution in [2.45, 2.75) is 47.0 Å². The third-order valence-electron chi connectivity index (χ3n) is 5.15. The second-order valence-electron chi connectivity index (χ2n) is 7.48. The Hall–Kier alpha value is -1.97. The van der Waals surface area contributed by atoms with Crippen molar-refractivity contribution in [3.8, 4) is 23.0 Å². The van der Waals surface area contributed by atoms with Crippen LogP contribution in [0.25, 0.3) is 0 Å². The normalized spacial score (nSPS) is 9.70. The average molecular weight is 668 g/mol. The summed E-state index contributed by atoms with van der Waals surface area (Å²) in [4.78, 5) is 25.0. The summed E-state index contributed by atoms with van der Waals surface area (Å²) < 4.78 is 21.7. The van der Waals surface area contributed by atoms with Gasteiger partial charge in [-0.15, -0.1) is 0 Å². The lowest BCUT2D eigenvalue weighted by Crippen LogP contribution is -2.30. The van der Waals surface area contributed by atoms with Gasteiger partial charge in [0.05, 0.1) is 39.6 Å². The van der Waals surface area contributed by atoms with E-state index in [4.69, 9.17) is 30.5 Å². The van der Waals surface area contributed by atoms with Crippen LogP contribution in [0.4, 0.5) is 0 Å². The van der Waals surface area contributed by atoms with Gasteiger partial charge >= 0.3 is 0 Å². The number of nitrogens with zero attached hydrogens (tertiary/aromatic N) is 1. The summed E-state index contributed by atoms with van der Waals surface area (Å²) >= 11 is 12.0. The third-order valence-corrected chi connectivity index (χ3v) is 6.66. The lowest BCUT2D eigenvalue weighted by molar-refractivity contribution is 0.0771.